The second-order valence-electron chi connectivity index (χ2n) is 7.67. The van der Waals surface area contributed by atoms with Crippen LogP contribution in [0.25, 0.3) is 0 Å². The van der Waals surface area contributed by atoms with E-state index < -0.39 is 66.2 Å². The number of carbonyl (C=O) groups is 5. The van der Waals surface area contributed by atoms with E-state index in [4.69, 9.17) is 22.3 Å². The first-order valence-corrected chi connectivity index (χ1v) is 11.2. The van der Waals surface area contributed by atoms with Crippen molar-refractivity contribution in [1.82, 2.24) is 16.0 Å². The van der Waals surface area contributed by atoms with Gasteiger partial charge in [-0.05, 0) is 18.8 Å². The number of hydrogen-bond donors (Lipinski definition) is 9. The van der Waals surface area contributed by atoms with E-state index in [1.54, 1.807) is 13.8 Å². The van der Waals surface area contributed by atoms with Gasteiger partial charge in [-0.2, -0.15) is 12.6 Å². The Morgan fingerprint density at radius 3 is 2.03 bits per heavy atom. The van der Waals surface area contributed by atoms with Gasteiger partial charge in [0, 0.05) is 12.3 Å². The highest BCUT2D eigenvalue weighted by Gasteiger charge is 2.33. The molecule has 0 aliphatic heterocycles. The minimum Gasteiger partial charge on any atom is -0.481 e. The third-order valence-corrected chi connectivity index (χ3v) is 5.29. The summed E-state index contributed by atoms with van der Waals surface area (Å²) >= 11 is 3.89. The first kappa shape index (κ1) is 30.9. The number of rotatable bonds is 16. The van der Waals surface area contributed by atoms with E-state index in [2.05, 4.69) is 33.6 Å². The molecule has 0 bridgehead atoms. The fraction of sp³-hybridized carbons (Fsp3) is 0.684. The Labute approximate surface area is 202 Å². The van der Waals surface area contributed by atoms with Crippen molar-refractivity contribution in [3.63, 3.8) is 0 Å². The summed E-state index contributed by atoms with van der Waals surface area (Å²) in [4.78, 5) is 64.2. The number of aliphatic carboxylic acids is 2. The molecule has 0 aromatic carbocycles. The zero-order valence-electron chi connectivity index (χ0n) is 19.2. The zero-order chi connectivity index (χ0) is 26.4. The molecule has 3 amide bonds. The van der Waals surface area contributed by atoms with Crippen LogP contribution in [0, 0.1) is 5.92 Å². The molecular weight excluding hydrogens is 470 g/mol. The number of nitrogens with two attached hydrogens (primary N) is 3. The van der Waals surface area contributed by atoms with E-state index in [0.29, 0.717) is 6.42 Å². The van der Waals surface area contributed by atoms with Gasteiger partial charge < -0.3 is 43.4 Å². The fourth-order valence-electron chi connectivity index (χ4n) is 2.72. The van der Waals surface area contributed by atoms with Gasteiger partial charge in [0.05, 0.1) is 12.5 Å². The summed E-state index contributed by atoms with van der Waals surface area (Å²) in [5, 5.41) is 25.6. The average molecular weight is 506 g/mol. The van der Waals surface area contributed by atoms with Crippen LogP contribution in [0.1, 0.15) is 39.5 Å². The third-order valence-electron chi connectivity index (χ3n) is 4.90. The molecule has 0 heterocycles. The number of hydrogen-bond acceptors (Lipinski definition) is 8. The Bertz CT molecular complexity index is 761. The summed E-state index contributed by atoms with van der Waals surface area (Å²) in [6.07, 6.45) is -0.0265. The normalized spacial score (nSPS) is 15.1. The number of thiol groups is 1. The Morgan fingerprint density at radius 2 is 1.56 bits per heavy atom. The summed E-state index contributed by atoms with van der Waals surface area (Å²) in [6.45, 7) is 3.57. The third kappa shape index (κ3) is 11.7. The van der Waals surface area contributed by atoms with Crippen molar-refractivity contribution < 1.29 is 34.2 Å². The molecule has 5 unspecified atom stereocenters. The van der Waals surface area contributed by atoms with Crippen molar-refractivity contribution >= 4 is 48.2 Å². The van der Waals surface area contributed by atoms with Crippen LogP contribution in [0.3, 0.4) is 0 Å². The van der Waals surface area contributed by atoms with Gasteiger partial charge in [-0.15, -0.1) is 0 Å². The van der Waals surface area contributed by atoms with Crippen LogP contribution in [-0.2, 0) is 24.0 Å². The zero-order valence-corrected chi connectivity index (χ0v) is 20.1. The second-order valence-corrected chi connectivity index (χ2v) is 8.03. The molecule has 0 rings (SSSR count). The molecule has 14 nitrogen and oxygen atoms in total. The van der Waals surface area contributed by atoms with Crippen molar-refractivity contribution in [3.05, 3.63) is 0 Å². The molecule has 34 heavy (non-hydrogen) atoms. The average Bonchev–Trinajstić information content (AvgIpc) is 2.76. The van der Waals surface area contributed by atoms with Gasteiger partial charge in [0.25, 0.3) is 0 Å². The topological polar surface area (TPSA) is 252 Å². The number of aliphatic imine (C=N–C) groups is 1. The van der Waals surface area contributed by atoms with Crippen LogP contribution in [0.4, 0.5) is 0 Å². The van der Waals surface area contributed by atoms with Gasteiger partial charge in [-0.3, -0.25) is 24.2 Å². The van der Waals surface area contributed by atoms with Crippen molar-refractivity contribution in [2.24, 2.45) is 28.1 Å². The monoisotopic (exact) mass is 505 g/mol. The minimum absolute atomic E-state index is 0.0261. The maximum absolute atomic E-state index is 12.9. The molecule has 0 radical (unpaired) electrons. The largest absolute Gasteiger partial charge is 0.481 e. The van der Waals surface area contributed by atoms with Crippen molar-refractivity contribution in [3.8, 4) is 0 Å². The maximum Gasteiger partial charge on any atom is 0.326 e. The fourth-order valence-corrected chi connectivity index (χ4v) is 2.89. The summed E-state index contributed by atoms with van der Waals surface area (Å²) in [6, 6.07) is -5.04. The molecule has 0 aromatic heterocycles. The number of nitrogens with one attached hydrogen (secondary N) is 3. The number of carboxylic acid groups (broad SMARTS) is 2. The van der Waals surface area contributed by atoms with Crippen molar-refractivity contribution in [1.29, 1.82) is 0 Å². The highest BCUT2D eigenvalue weighted by molar-refractivity contribution is 7.80. The van der Waals surface area contributed by atoms with Crippen LogP contribution in [0.2, 0.25) is 0 Å². The van der Waals surface area contributed by atoms with Crippen LogP contribution >= 0.6 is 12.6 Å². The Morgan fingerprint density at radius 1 is 0.971 bits per heavy atom. The van der Waals surface area contributed by atoms with E-state index in [9.17, 15) is 29.1 Å². The van der Waals surface area contributed by atoms with Crippen LogP contribution in [0.5, 0.6) is 0 Å². The van der Waals surface area contributed by atoms with Crippen LogP contribution in [0.15, 0.2) is 4.99 Å². The van der Waals surface area contributed by atoms with E-state index in [1.807, 2.05) is 0 Å². The number of carboxylic acids is 2. The first-order chi connectivity index (χ1) is 15.8. The van der Waals surface area contributed by atoms with Gasteiger partial charge in [0.15, 0.2) is 5.96 Å². The Balaban J connectivity index is 5.48. The molecular formula is C19H35N7O7S. The number of amides is 3. The first-order valence-electron chi connectivity index (χ1n) is 10.6. The van der Waals surface area contributed by atoms with E-state index in [0.717, 1.165) is 0 Å². The van der Waals surface area contributed by atoms with Crippen molar-refractivity contribution in [2.45, 2.75) is 63.7 Å². The Hall–Kier alpha value is -3.07. The molecule has 15 heteroatoms. The highest BCUT2D eigenvalue weighted by atomic mass is 32.1. The quantitative estimate of drug-likeness (QED) is 0.0456. The van der Waals surface area contributed by atoms with E-state index >= 15 is 0 Å². The molecule has 0 spiro atoms. The lowest BCUT2D eigenvalue weighted by Gasteiger charge is -2.27. The van der Waals surface area contributed by atoms with E-state index in [1.165, 1.54) is 0 Å². The molecule has 0 fully saturated rings. The summed E-state index contributed by atoms with van der Waals surface area (Å²) < 4.78 is 0. The smallest absolute Gasteiger partial charge is 0.326 e. The van der Waals surface area contributed by atoms with Gasteiger partial charge in [-0.25, -0.2) is 4.79 Å². The molecule has 0 aliphatic rings. The lowest BCUT2D eigenvalue weighted by Crippen LogP contribution is -2.59. The summed E-state index contributed by atoms with van der Waals surface area (Å²) in [7, 11) is 0. The molecule has 0 aliphatic carbocycles. The summed E-state index contributed by atoms with van der Waals surface area (Å²) in [5.41, 5.74) is 16.0. The highest BCUT2D eigenvalue weighted by Crippen LogP contribution is 2.10. The van der Waals surface area contributed by atoms with Crippen LogP contribution < -0.4 is 33.2 Å². The predicted octanol–water partition coefficient (Wildman–Crippen LogP) is -2.64. The molecule has 11 N–H and O–H groups in total. The predicted molar refractivity (Wildman–Crippen MR) is 127 cm³/mol. The van der Waals surface area contributed by atoms with Crippen LogP contribution in [-0.4, -0.2) is 82.3 Å². The van der Waals surface area contributed by atoms with Gasteiger partial charge >= 0.3 is 11.9 Å². The number of carbonyl (C=O) groups excluding carboxylic acids is 3. The molecule has 0 aromatic rings. The lowest BCUT2D eigenvalue weighted by molar-refractivity contribution is -0.143. The van der Waals surface area contributed by atoms with Gasteiger partial charge in [0.1, 0.15) is 18.1 Å². The molecule has 0 saturated heterocycles. The molecule has 0 saturated carbocycles. The lowest BCUT2D eigenvalue weighted by atomic mass is 9.97. The molecule has 5 atom stereocenters. The molecule has 194 valence electrons. The standard InChI is InChI=1S/C19H35N7O7S/c1-3-9(2)14(17(31)24-11(18(32)33)5-4-6-23-19(21)22)26-16(30)12(7-13(27)28)25-15(29)10(20)8-34/h9-12,14,34H,3-8,20H2,1-2H3,(H,24,31)(H,25,29)(H,26,30)(H,27,28)(H,32,33)(H4,21,22,23). The van der Waals surface area contributed by atoms with Gasteiger partial charge in [-0.1, -0.05) is 20.3 Å². The Kier molecular flexibility index (Phi) is 14.3. The van der Waals surface area contributed by atoms with Crippen molar-refractivity contribution in [2.75, 3.05) is 12.3 Å². The van der Waals surface area contributed by atoms with E-state index in [-0.39, 0.29) is 31.1 Å². The summed E-state index contributed by atoms with van der Waals surface area (Å²) in [5.74, 6) is -5.76. The van der Waals surface area contributed by atoms with Gasteiger partial charge in [0.2, 0.25) is 17.7 Å². The minimum atomic E-state index is -1.51. The SMILES string of the molecule is CCC(C)C(NC(=O)C(CC(=O)O)NC(=O)C(N)CS)C(=O)NC(CCCN=C(N)N)C(=O)O. The number of guanidine groups is 1. The second kappa shape index (κ2) is 15.7. The maximum atomic E-state index is 12.9. The number of nitrogens with zero attached hydrogens (tertiary/aromatic N) is 1.